The van der Waals surface area contributed by atoms with Gasteiger partial charge in [0.15, 0.2) is 0 Å². The monoisotopic (exact) mass is 188 g/mol. The van der Waals surface area contributed by atoms with Gasteiger partial charge in [-0.15, -0.1) is 11.6 Å². The zero-order valence-corrected chi connectivity index (χ0v) is 8.36. The summed E-state index contributed by atoms with van der Waals surface area (Å²) in [7, 11) is 0. The van der Waals surface area contributed by atoms with E-state index in [9.17, 15) is 4.79 Å². The van der Waals surface area contributed by atoms with Gasteiger partial charge >= 0.3 is 5.97 Å². The normalized spacial score (nSPS) is 41.2. The third kappa shape index (κ3) is 1.36. The summed E-state index contributed by atoms with van der Waals surface area (Å²) in [5.41, 5.74) is 0.258. The van der Waals surface area contributed by atoms with Crippen LogP contribution in [0.5, 0.6) is 0 Å². The molecule has 0 spiro atoms. The van der Waals surface area contributed by atoms with E-state index in [0.717, 1.165) is 5.57 Å². The topological polar surface area (TPSA) is 26.3 Å². The Balaban J connectivity index is 2.92. The second-order valence-corrected chi connectivity index (χ2v) is 4.61. The van der Waals surface area contributed by atoms with Crippen LogP contribution in [0.2, 0.25) is 0 Å². The molecule has 0 aromatic rings. The number of rotatable bonds is 1. The van der Waals surface area contributed by atoms with Crippen LogP contribution in [-0.2, 0) is 9.53 Å². The minimum atomic E-state index is -0.881. The van der Waals surface area contributed by atoms with Crippen LogP contribution >= 0.6 is 11.6 Å². The highest BCUT2D eigenvalue weighted by molar-refractivity contribution is 6.34. The lowest BCUT2D eigenvalue weighted by Crippen LogP contribution is -2.25. The van der Waals surface area contributed by atoms with Crippen LogP contribution in [0, 0.1) is 0 Å². The molecule has 1 rings (SSSR count). The second kappa shape index (κ2) is 2.49. The average molecular weight is 189 g/mol. The van der Waals surface area contributed by atoms with Crippen molar-refractivity contribution in [3.8, 4) is 0 Å². The van der Waals surface area contributed by atoms with E-state index >= 15 is 0 Å². The van der Waals surface area contributed by atoms with Crippen LogP contribution in [0.25, 0.3) is 0 Å². The molecule has 0 N–H and O–H groups in total. The van der Waals surface area contributed by atoms with Crippen LogP contribution < -0.4 is 0 Å². The maximum absolute atomic E-state index is 11.2. The van der Waals surface area contributed by atoms with E-state index in [-0.39, 0.29) is 5.97 Å². The summed E-state index contributed by atoms with van der Waals surface area (Å²) < 4.78 is 5.16. The summed E-state index contributed by atoms with van der Waals surface area (Å²) in [5.74, 6) is -0.352. The van der Waals surface area contributed by atoms with Crippen LogP contribution in [0.4, 0.5) is 0 Å². The fourth-order valence-corrected chi connectivity index (χ4v) is 1.58. The molecule has 0 bridgehead atoms. The van der Waals surface area contributed by atoms with Crippen molar-refractivity contribution in [2.75, 3.05) is 0 Å². The summed E-state index contributed by atoms with van der Waals surface area (Å²) in [6.07, 6.45) is 0.496. The van der Waals surface area contributed by atoms with E-state index in [4.69, 9.17) is 16.3 Å². The van der Waals surface area contributed by atoms with E-state index in [1.165, 1.54) is 0 Å². The van der Waals surface area contributed by atoms with Crippen molar-refractivity contribution in [2.45, 2.75) is 37.7 Å². The molecule has 0 saturated carbocycles. The van der Waals surface area contributed by atoms with Gasteiger partial charge in [0.05, 0.1) is 0 Å². The summed E-state index contributed by atoms with van der Waals surface area (Å²) in [5, 5.41) is 0. The van der Waals surface area contributed by atoms with Gasteiger partial charge < -0.3 is 4.74 Å². The van der Waals surface area contributed by atoms with Gasteiger partial charge in [0, 0.05) is 6.42 Å². The van der Waals surface area contributed by atoms with E-state index in [2.05, 4.69) is 6.58 Å². The molecular weight excluding hydrogens is 176 g/mol. The number of ether oxygens (including phenoxy) is 1. The Morgan fingerprint density at radius 3 is 2.33 bits per heavy atom. The van der Waals surface area contributed by atoms with Gasteiger partial charge in [0.1, 0.15) is 10.5 Å². The quantitative estimate of drug-likeness (QED) is 0.359. The van der Waals surface area contributed by atoms with Crippen molar-refractivity contribution in [1.82, 2.24) is 0 Å². The number of cyclic esters (lactones) is 1. The number of halogens is 1. The van der Waals surface area contributed by atoms with Crippen molar-refractivity contribution in [1.29, 1.82) is 0 Å². The molecule has 3 heteroatoms. The van der Waals surface area contributed by atoms with Gasteiger partial charge in [-0.05, 0) is 26.3 Å². The molecule has 2 unspecified atom stereocenters. The minimum Gasteiger partial charge on any atom is -0.453 e. The molecule has 0 amide bonds. The van der Waals surface area contributed by atoms with Gasteiger partial charge in [0.2, 0.25) is 0 Å². The maximum Gasteiger partial charge on any atom is 0.327 e. The molecule has 1 aliphatic rings. The molecule has 2 atom stereocenters. The molecule has 0 radical (unpaired) electrons. The van der Waals surface area contributed by atoms with Gasteiger partial charge in [0.25, 0.3) is 0 Å². The first-order valence-corrected chi connectivity index (χ1v) is 4.24. The Kier molecular flexibility index (Phi) is 1.99. The summed E-state index contributed by atoms with van der Waals surface area (Å²) in [6.45, 7) is 9.12. The lowest BCUT2D eigenvalue weighted by Gasteiger charge is -2.22. The predicted molar refractivity (Wildman–Crippen MR) is 48.2 cm³/mol. The highest BCUT2D eigenvalue weighted by atomic mass is 35.5. The van der Waals surface area contributed by atoms with Crippen molar-refractivity contribution < 1.29 is 9.53 Å². The Bertz CT molecular complexity index is 245. The molecule has 1 heterocycles. The fourth-order valence-electron chi connectivity index (χ4n) is 1.29. The molecule has 1 fully saturated rings. The summed E-state index contributed by atoms with van der Waals surface area (Å²) in [6, 6.07) is 0. The highest BCUT2D eigenvalue weighted by Crippen LogP contribution is 2.41. The zero-order valence-electron chi connectivity index (χ0n) is 7.61. The number of esters is 1. The SMILES string of the molecule is C=C(C)C1(C)CC(C)(Cl)C(=O)O1. The molecule has 0 aliphatic carbocycles. The maximum atomic E-state index is 11.2. The minimum absolute atomic E-state index is 0.352. The zero-order chi connectivity index (χ0) is 9.57. The Labute approximate surface area is 77.5 Å². The van der Waals surface area contributed by atoms with Crippen molar-refractivity contribution in [2.24, 2.45) is 0 Å². The van der Waals surface area contributed by atoms with E-state index in [1.54, 1.807) is 6.92 Å². The van der Waals surface area contributed by atoms with E-state index < -0.39 is 10.5 Å². The predicted octanol–water partition coefficient (Wildman–Crippen LogP) is 2.27. The van der Waals surface area contributed by atoms with Gasteiger partial charge in [-0.1, -0.05) is 6.58 Å². The van der Waals surface area contributed by atoms with Crippen molar-refractivity contribution >= 4 is 17.6 Å². The Morgan fingerprint density at radius 2 is 2.17 bits per heavy atom. The first-order valence-electron chi connectivity index (χ1n) is 3.86. The lowest BCUT2D eigenvalue weighted by atomic mass is 9.91. The largest absolute Gasteiger partial charge is 0.453 e. The third-order valence-electron chi connectivity index (χ3n) is 2.32. The number of carbonyl (C=O) groups is 1. The molecule has 1 saturated heterocycles. The van der Waals surface area contributed by atoms with Gasteiger partial charge in [-0.25, -0.2) is 0 Å². The lowest BCUT2D eigenvalue weighted by molar-refractivity contribution is -0.146. The molecule has 0 aromatic heterocycles. The van der Waals surface area contributed by atoms with Gasteiger partial charge in [-0.3, -0.25) is 4.79 Å². The number of hydrogen-bond acceptors (Lipinski definition) is 2. The standard InChI is InChI=1S/C9H13ClO2/c1-6(2)9(4)5-8(3,10)7(11)12-9/h1,5H2,2-4H3. The molecule has 2 nitrogen and oxygen atoms in total. The first-order chi connectivity index (χ1) is 5.28. The van der Waals surface area contributed by atoms with Crippen molar-refractivity contribution in [3.05, 3.63) is 12.2 Å². The molecule has 0 aromatic carbocycles. The average Bonchev–Trinajstić information content (AvgIpc) is 2.03. The number of carbonyl (C=O) groups excluding carboxylic acids is 1. The van der Waals surface area contributed by atoms with Crippen LogP contribution in [-0.4, -0.2) is 16.4 Å². The summed E-state index contributed by atoms with van der Waals surface area (Å²) >= 11 is 5.93. The van der Waals surface area contributed by atoms with Crippen LogP contribution in [0.3, 0.4) is 0 Å². The highest BCUT2D eigenvalue weighted by Gasteiger charge is 2.51. The van der Waals surface area contributed by atoms with Crippen LogP contribution in [0.15, 0.2) is 12.2 Å². The molecule has 68 valence electrons. The van der Waals surface area contributed by atoms with Crippen LogP contribution in [0.1, 0.15) is 27.2 Å². The first kappa shape index (κ1) is 9.59. The fraction of sp³-hybridized carbons (Fsp3) is 0.667. The number of hydrogen-bond donors (Lipinski definition) is 0. The van der Waals surface area contributed by atoms with Crippen molar-refractivity contribution in [3.63, 3.8) is 0 Å². The molecule has 1 aliphatic heterocycles. The number of alkyl halides is 1. The third-order valence-corrected chi connectivity index (χ3v) is 2.60. The van der Waals surface area contributed by atoms with E-state index in [1.807, 2.05) is 13.8 Å². The van der Waals surface area contributed by atoms with E-state index in [0.29, 0.717) is 6.42 Å². The second-order valence-electron chi connectivity index (χ2n) is 3.77. The molecular formula is C9H13ClO2. The van der Waals surface area contributed by atoms with Gasteiger partial charge in [-0.2, -0.15) is 0 Å². The summed E-state index contributed by atoms with van der Waals surface area (Å²) in [4.78, 5) is 10.3. The smallest absolute Gasteiger partial charge is 0.327 e. The molecule has 12 heavy (non-hydrogen) atoms. The Morgan fingerprint density at radius 1 is 1.67 bits per heavy atom. The Hall–Kier alpha value is -0.500.